The Morgan fingerprint density at radius 3 is 2.40 bits per heavy atom. The van der Waals surface area contributed by atoms with Crippen molar-refractivity contribution in [1.29, 1.82) is 0 Å². The molecule has 2 fully saturated rings. The third kappa shape index (κ3) is 2.74. The van der Waals surface area contributed by atoms with E-state index >= 15 is 0 Å². The summed E-state index contributed by atoms with van der Waals surface area (Å²) in [6.45, 7) is 12.9. The van der Waals surface area contributed by atoms with Crippen LogP contribution in [-0.2, 0) is 4.79 Å². The average Bonchev–Trinajstić information content (AvgIpc) is 2.73. The van der Waals surface area contributed by atoms with Crippen molar-refractivity contribution in [2.75, 3.05) is 13.1 Å². The minimum Gasteiger partial charge on any atom is -0.481 e. The van der Waals surface area contributed by atoms with Crippen molar-refractivity contribution in [1.82, 2.24) is 4.90 Å². The molecule has 2 aliphatic rings. The van der Waals surface area contributed by atoms with Gasteiger partial charge in [0.05, 0.1) is 5.41 Å². The Hall–Kier alpha value is -0.570. The molecule has 3 nitrogen and oxygen atoms in total. The first-order valence-corrected chi connectivity index (χ1v) is 8.15. The van der Waals surface area contributed by atoms with Crippen molar-refractivity contribution in [3.05, 3.63) is 0 Å². The van der Waals surface area contributed by atoms with Gasteiger partial charge in [0.15, 0.2) is 0 Å². The fourth-order valence-corrected chi connectivity index (χ4v) is 4.51. The maximum absolute atomic E-state index is 11.8. The lowest BCUT2D eigenvalue weighted by molar-refractivity contribution is -0.151. The van der Waals surface area contributed by atoms with E-state index in [1.165, 1.54) is 19.3 Å². The summed E-state index contributed by atoms with van der Waals surface area (Å²) in [5.74, 6) is 0.287. The summed E-state index contributed by atoms with van der Waals surface area (Å²) in [5, 5.41) is 9.67. The summed E-state index contributed by atoms with van der Waals surface area (Å²) in [7, 11) is 0. The lowest BCUT2D eigenvalue weighted by Gasteiger charge is -2.43. The Kier molecular flexibility index (Phi) is 4.21. The first-order valence-electron chi connectivity index (χ1n) is 8.15. The quantitative estimate of drug-likeness (QED) is 0.858. The van der Waals surface area contributed by atoms with Crippen LogP contribution in [0.15, 0.2) is 0 Å². The molecule has 0 spiro atoms. The Bertz CT molecular complexity index is 377. The van der Waals surface area contributed by atoms with Gasteiger partial charge in [0.2, 0.25) is 0 Å². The highest BCUT2D eigenvalue weighted by molar-refractivity contribution is 5.75. The molecule has 20 heavy (non-hydrogen) atoms. The van der Waals surface area contributed by atoms with Crippen molar-refractivity contribution < 1.29 is 9.90 Å². The van der Waals surface area contributed by atoms with E-state index in [-0.39, 0.29) is 5.92 Å². The fourth-order valence-electron chi connectivity index (χ4n) is 4.51. The molecule has 1 aliphatic heterocycles. The van der Waals surface area contributed by atoms with Gasteiger partial charge in [0.25, 0.3) is 0 Å². The smallest absolute Gasteiger partial charge is 0.311 e. The van der Waals surface area contributed by atoms with Crippen LogP contribution >= 0.6 is 0 Å². The number of aliphatic carboxylic acids is 1. The van der Waals surface area contributed by atoms with E-state index in [9.17, 15) is 9.90 Å². The standard InChI is InChI=1S/C17H31NO2/c1-12(2)17(15(19)20)8-9-18(11-17)14-6-7-16(4,5)10-13(14)3/h12-14H,6-11H2,1-5H3,(H,19,20). The molecule has 0 radical (unpaired) electrons. The van der Waals surface area contributed by atoms with Gasteiger partial charge in [-0.15, -0.1) is 0 Å². The van der Waals surface area contributed by atoms with E-state index in [1.54, 1.807) is 0 Å². The number of carboxylic acid groups (broad SMARTS) is 1. The van der Waals surface area contributed by atoms with Crippen LogP contribution in [0.2, 0.25) is 0 Å². The van der Waals surface area contributed by atoms with Gasteiger partial charge in [-0.3, -0.25) is 9.69 Å². The van der Waals surface area contributed by atoms with Gasteiger partial charge in [0, 0.05) is 12.6 Å². The zero-order valence-corrected chi connectivity index (χ0v) is 13.8. The van der Waals surface area contributed by atoms with Gasteiger partial charge in [-0.05, 0) is 49.5 Å². The van der Waals surface area contributed by atoms with Crippen LogP contribution in [0.3, 0.4) is 0 Å². The van der Waals surface area contributed by atoms with E-state index in [0.717, 1.165) is 19.5 Å². The van der Waals surface area contributed by atoms with E-state index in [2.05, 4.69) is 39.5 Å². The number of rotatable bonds is 3. The molecule has 0 aromatic heterocycles. The molecule has 0 aromatic carbocycles. The zero-order valence-electron chi connectivity index (χ0n) is 13.8. The summed E-state index contributed by atoms with van der Waals surface area (Å²) in [5.41, 5.74) is -0.0652. The topological polar surface area (TPSA) is 40.5 Å². The highest BCUT2D eigenvalue weighted by Gasteiger charge is 2.49. The molecule has 116 valence electrons. The Balaban J connectivity index is 2.08. The van der Waals surface area contributed by atoms with Crippen LogP contribution in [0, 0.1) is 22.7 Å². The van der Waals surface area contributed by atoms with Gasteiger partial charge >= 0.3 is 5.97 Å². The van der Waals surface area contributed by atoms with Crippen LogP contribution < -0.4 is 0 Å². The highest BCUT2D eigenvalue weighted by atomic mass is 16.4. The molecule has 0 amide bonds. The third-order valence-electron chi connectivity index (χ3n) is 5.98. The highest BCUT2D eigenvalue weighted by Crippen LogP contribution is 2.45. The number of carboxylic acids is 1. The molecule has 0 bridgehead atoms. The molecule has 3 heteroatoms. The Labute approximate surface area is 123 Å². The summed E-state index contributed by atoms with van der Waals surface area (Å²) in [6, 6.07) is 0.586. The predicted octanol–water partition coefficient (Wildman–Crippen LogP) is 3.63. The summed E-state index contributed by atoms with van der Waals surface area (Å²) >= 11 is 0. The Morgan fingerprint density at radius 1 is 1.30 bits per heavy atom. The lowest BCUT2D eigenvalue weighted by Crippen LogP contribution is -2.46. The summed E-state index contributed by atoms with van der Waals surface area (Å²) in [4.78, 5) is 14.2. The third-order valence-corrected chi connectivity index (χ3v) is 5.98. The average molecular weight is 281 g/mol. The zero-order chi connectivity index (χ0) is 15.1. The van der Waals surface area contributed by atoms with Gasteiger partial charge in [-0.1, -0.05) is 34.6 Å². The van der Waals surface area contributed by atoms with Crippen LogP contribution in [0.1, 0.15) is 60.3 Å². The van der Waals surface area contributed by atoms with Crippen molar-refractivity contribution in [2.24, 2.45) is 22.7 Å². The van der Waals surface area contributed by atoms with Crippen molar-refractivity contribution in [3.63, 3.8) is 0 Å². The number of hydrogen-bond donors (Lipinski definition) is 1. The van der Waals surface area contributed by atoms with Crippen molar-refractivity contribution in [2.45, 2.75) is 66.3 Å². The molecule has 1 heterocycles. The molecular weight excluding hydrogens is 250 g/mol. The molecule has 1 N–H and O–H groups in total. The number of nitrogens with zero attached hydrogens (tertiary/aromatic N) is 1. The number of carbonyl (C=O) groups is 1. The molecule has 3 unspecified atom stereocenters. The van der Waals surface area contributed by atoms with Crippen LogP contribution in [0.5, 0.6) is 0 Å². The van der Waals surface area contributed by atoms with E-state index < -0.39 is 11.4 Å². The van der Waals surface area contributed by atoms with E-state index in [0.29, 0.717) is 17.4 Å². The molecule has 3 atom stereocenters. The normalized spacial score (nSPS) is 38.3. The number of hydrogen-bond acceptors (Lipinski definition) is 2. The van der Waals surface area contributed by atoms with E-state index in [4.69, 9.17) is 0 Å². The molecule has 2 rings (SSSR count). The van der Waals surface area contributed by atoms with Gasteiger partial charge in [-0.2, -0.15) is 0 Å². The number of likely N-dealkylation sites (tertiary alicyclic amines) is 1. The molecule has 0 aromatic rings. The largest absolute Gasteiger partial charge is 0.481 e. The predicted molar refractivity (Wildman–Crippen MR) is 81.7 cm³/mol. The van der Waals surface area contributed by atoms with Crippen molar-refractivity contribution >= 4 is 5.97 Å². The maximum atomic E-state index is 11.8. The second-order valence-corrected chi connectivity index (χ2v) is 8.29. The van der Waals surface area contributed by atoms with Gasteiger partial charge < -0.3 is 5.11 Å². The van der Waals surface area contributed by atoms with E-state index in [1.807, 2.05) is 0 Å². The maximum Gasteiger partial charge on any atom is 0.311 e. The van der Waals surface area contributed by atoms with Crippen LogP contribution in [0.4, 0.5) is 0 Å². The van der Waals surface area contributed by atoms with Crippen molar-refractivity contribution in [3.8, 4) is 0 Å². The molecule has 1 saturated heterocycles. The fraction of sp³-hybridized carbons (Fsp3) is 0.941. The summed E-state index contributed by atoms with van der Waals surface area (Å²) in [6.07, 6.45) is 4.56. The lowest BCUT2D eigenvalue weighted by atomic mass is 9.70. The molecule has 1 aliphatic carbocycles. The second kappa shape index (κ2) is 5.32. The SMILES string of the molecule is CC1CC(C)(C)CCC1N1CCC(C(=O)O)(C(C)C)C1. The minimum atomic E-state index is -0.598. The Morgan fingerprint density at radius 2 is 1.95 bits per heavy atom. The first-order chi connectivity index (χ1) is 9.18. The first kappa shape index (κ1) is 15.8. The van der Waals surface area contributed by atoms with Gasteiger partial charge in [-0.25, -0.2) is 0 Å². The molecule has 1 saturated carbocycles. The van der Waals surface area contributed by atoms with Crippen LogP contribution in [-0.4, -0.2) is 35.1 Å². The second-order valence-electron chi connectivity index (χ2n) is 8.29. The monoisotopic (exact) mass is 281 g/mol. The minimum absolute atomic E-state index is 0.209. The summed E-state index contributed by atoms with van der Waals surface area (Å²) < 4.78 is 0. The van der Waals surface area contributed by atoms with Gasteiger partial charge in [0.1, 0.15) is 0 Å². The van der Waals surface area contributed by atoms with Crippen LogP contribution in [0.25, 0.3) is 0 Å². The molecular formula is C17H31NO2.